The fourth-order valence-electron chi connectivity index (χ4n) is 1.79. The fourth-order valence-corrected chi connectivity index (χ4v) is 1.79. The van der Waals surface area contributed by atoms with E-state index < -0.39 is 0 Å². The first-order valence-electron chi connectivity index (χ1n) is 6.38. The Morgan fingerprint density at radius 2 is 2.11 bits per heavy atom. The number of nitrogens with one attached hydrogen (secondary N) is 1. The largest absolute Gasteiger partial charge is 0.350 e. The van der Waals surface area contributed by atoms with Gasteiger partial charge in [0.1, 0.15) is 5.69 Å². The number of carbonyl (C=O) groups excluding carboxylic acids is 1. The van der Waals surface area contributed by atoms with Crippen molar-refractivity contribution in [3.63, 3.8) is 0 Å². The minimum absolute atomic E-state index is 0.0972. The minimum atomic E-state index is -0.0972. The van der Waals surface area contributed by atoms with E-state index in [1.54, 1.807) is 10.7 Å². The highest BCUT2D eigenvalue weighted by molar-refractivity contribution is 5.92. The average molecular weight is 252 g/mol. The predicted molar refractivity (Wildman–Crippen MR) is 72.7 cm³/mol. The molecule has 5 heteroatoms. The van der Waals surface area contributed by atoms with Crippen LogP contribution in [0.2, 0.25) is 0 Å². The van der Waals surface area contributed by atoms with E-state index in [-0.39, 0.29) is 11.9 Å². The van der Waals surface area contributed by atoms with Crippen LogP contribution in [-0.4, -0.2) is 47.8 Å². The van der Waals surface area contributed by atoms with E-state index >= 15 is 0 Å². The fraction of sp³-hybridized carbons (Fsp3) is 0.692. The van der Waals surface area contributed by atoms with E-state index in [9.17, 15) is 4.79 Å². The van der Waals surface area contributed by atoms with Gasteiger partial charge in [-0.3, -0.25) is 9.48 Å². The topological polar surface area (TPSA) is 50.2 Å². The van der Waals surface area contributed by atoms with Gasteiger partial charge in [0.2, 0.25) is 0 Å². The molecule has 1 aromatic heterocycles. The smallest absolute Gasteiger partial charge is 0.271 e. The number of nitrogens with zero attached hydrogens (tertiary/aromatic N) is 3. The van der Waals surface area contributed by atoms with E-state index in [4.69, 9.17) is 0 Å². The highest BCUT2D eigenvalue weighted by atomic mass is 16.1. The molecule has 0 radical (unpaired) electrons. The lowest BCUT2D eigenvalue weighted by molar-refractivity contribution is 0.0940. The summed E-state index contributed by atoms with van der Waals surface area (Å²) in [5, 5.41) is 7.16. The van der Waals surface area contributed by atoms with Gasteiger partial charge >= 0.3 is 0 Å². The molecule has 0 saturated carbocycles. The minimum Gasteiger partial charge on any atom is -0.350 e. The molecule has 18 heavy (non-hydrogen) atoms. The van der Waals surface area contributed by atoms with Crippen molar-refractivity contribution in [3.05, 3.63) is 18.0 Å². The third-order valence-electron chi connectivity index (χ3n) is 2.66. The molecule has 0 spiro atoms. The molecule has 1 heterocycles. The van der Waals surface area contributed by atoms with Gasteiger partial charge in [0.05, 0.1) is 0 Å². The van der Waals surface area contributed by atoms with Gasteiger partial charge in [0, 0.05) is 25.3 Å². The van der Waals surface area contributed by atoms with E-state index in [0.717, 1.165) is 6.54 Å². The second kappa shape index (κ2) is 6.54. The van der Waals surface area contributed by atoms with Gasteiger partial charge in [-0.15, -0.1) is 0 Å². The van der Waals surface area contributed by atoms with E-state index in [1.807, 2.05) is 34.1 Å². The summed E-state index contributed by atoms with van der Waals surface area (Å²) in [6.45, 7) is 7.82. The Hall–Kier alpha value is -1.36. The second-order valence-corrected chi connectivity index (χ2v) is 5.35. The third-order valence-corrected chi connectivity index (χ3v) is 2.66. The highest BCUT2D eigenvalue weighted by Gasteiger charge is 2.12. The number of hydrogen-bond acceptors (Lipinski definition) is 3. The van der Waals surface area contributed by atoms with Crippen LogP contribution in [0.15, 0.2) is 12.3 Å². The van der Waals surface area contributed by atoms with Gasteiger partial charge in [-0.2, -0.15) is 5.10 Å². The zero-order chi connectivity index (χ0) is 13.7. The Bertz CT molecular complexity index is 384. The lowest BCUT2D eigenvalue weighted by atomic mass is 10.1. The number of rotatable bonds is 6. The van der Waals surface area contributed by atoms with Crippen LogP contribution >= 0.6 is 0 Å². The summed E-state index contributed by atoms with van der Waals surface area (Å²) in [5.41, 5.74) is 0.487. The zero-order valence-electron chi connectivity index (χ0n) is 12.0. The first kappa shape index (κ1) is 14.7. The van der Waals surface area contributed by atoms with Crippen molar-refractivity contribution in [1.29, 1.82) is 0 Å². The molecular weight excluding hydrogens is 228 g/mol. The Labute approximate surface area is 109 Å². The van der Waals surface area contributed by atoms with Crippen LogP contribution in [0, 0.1) is 5.92 Å². The van der Waals surface area contributed by atoms with Crippen LogP contribution in [0.4, 0.5) is 0 Å². The Morgan fingerprint density at radius 1 is 1.44 bits per heavy atom. The molecule has 102 valence electrons. The summed E-state index contributed by atoms with van der Waals surface area (Å²) in [4.78, 5) is 14.0. The zero-order valence-corrected chi connectivity index (χ0v) is 12.0. The normalized spacial score (nSPS) is 13.1. The molecule has 1 aromatic rings. The second-order valence-electron chi connectivity index (χ2n) is 5.35. The molecule has 1 rings (SSSR count). The van der Waals surface area contributed by atoms with Gasteiger partial charge in [0.25, 0.3) is 5.91 Å². The summed E-state index contributed by atoms with van der Waals surface area (Å²) in [6, 6.07) is 2.03. The van der Waals surface area contributed by atoms with E-state index in [1.165, 1.54) is 0 Å². The van der Waals surface area contributed by atoms with Gasteiger partial charge in [-0.25, -0.2) is 0 Å². The van der Waals surface area contributed by atoms with Gasteiger partial charge in [-0.1, -0.05) is 6.92 Å². The maximum absolute atomic E-state index is 11.9. The Balaban J connectivity index is 2.45. The molecule has 1 N–H and O–H groups in total. The molecular formula is C13H24N4O. The van der Waals surface area contributed by atoms with Crippen molar-refractivity contribution < 1.29 is 4.79 Å². The summed E-state index contributed by atoms with van der Waals surface area (Å²) in [5.74, 6) is 0.330. The van der Waals surface area contributed by atoms with Gasteiger partial charge in [-0.05, 0) is 39.9 Å². The number of aromatic nitrogens is 2. The molecule has 0 aliphatic heterocycles. The molecule has 0 aliphatic rings. The highest BCUT2D eigenvalue weighted by Crippen LogP contribution is 2.04. The van der Waals surface area contributed by atoms with Crippen LogP contribution in [0.1, 0.15) is 37.3 Å². The first-order valence-corrected chi connectivity index (χ1v) is 6.38. The van der Waals surface area contributed by atoms with Crippen molar-refractivity contribution in [3.8, 4) is 0 Å². The summed E-state index contributed by atoms with van der Waals surface area (Å²) in [6.07, 6.45) is 1.84. The molecule has 0 bridgehead atoms. The summed E-state index contributed by atoms with van der Waals surface area (Å²) < 4.78 is 1.79. The number of carbonyl (C=O) groups is 1. The van der Waals surface area contributed by atoms with Gasteiger partial charge < -0.3 is 10.2 Å². The monoisotopic (exact) mass is 252 g/mol. The molecule has 0 fully saturated rings. The standard InChI is InChI=1S/C13H24N4O/c1-10(2)17-7-6-12(15-17)13(18)14-8-11(3)9-16(4)5/h6-7,10-11H,8-9H2,1-5H3,(H,14,18)/t11-/m1/s1. The van der Waals surface area contributed by atoms with Crippen LogP contribution in [0.25, 0.3) is 0 Å². The third kappa shape index (κ3) is 4.49. The average Bonchev–Trinajstić information content (AvgIpc) is 2.74. The molecule has 1 atom stereocenters. The maximum atomic E-state index is 11.9. The van der Waals surface area contributed by atoms with Crippen molar-refractivity contribution in [2.24, 2.45) is 5.92 Å². The van der Waals surface area contributed by atoms with Crippen LogP contribution in [-0.2, 0) is 0 Å². The first-order chi connectivity index (χ1) is 8.40. The number of amides is 1. The Morgan fingerprint density at radius 3 is 2.61 bits per heavy atom. The molecule has 0 aromatic carbocycles. The number of hydrogen-bond donors (Lipinski definition) is 1. The van der Waals surface area contributed by atoms with Crippen molar-refractivity contribution in [1.82, 2.24) is 20.0 Å². The molecule has 0 saturated heterocycles. The van der Waals surface area contributed by atoms with Gasteiger partial charge in [0.15, 0.2) is 0 Å². The van der Waals surface area contributed by atoms with Crippen molar-refractivity contribution >= 4 is 5.91 Å². The summed E-state index contributed by atoms with van der Waals surface area (Å²) in [7, 11) is 4.06. The molecule has 0 aliphatic carbocycles. The summed E-state index contributed by atoms with van der Waals surface area (Å²) >= 11 is 0. The lowest BCUT2D eigenvalue weighted by Gasteiger charge is -2.16. The van der Waals surface area contributed by atoms with E-state index in [2.05, 4.69) is 22.2 Å². The van der Waals surface area contributed by atoms with Crippen LogP contribution < -0.4 is 5.32 Å². The maximum Gasteiger partial charge on any atom is 0.271 e. The van der Waals surface area contributed by atoms with E-state index in [0.29, 0.717) is 18.2 Å². The predicted octanol–water partition coefficient (Wildman–Crippen LogP) is 1.39. The lowest BCUT2D eigenvalue weighted by Crippen LogP contribution is -2.33. The molecule has 0 unspecified atom stereocenters. The Kier molecular flexibility index (Phi) is 5.34. The molecule has 1 amide bonds. The SMILES string of the molecule is CC(C)n1ccc(C(=O)NC[C@@H](C)CN(C)C)n1. The quantitative estimate of drug-likeness (QED) is 0.832. The van der Waals surface area contributed by atoms with Crippen LogP contribution in [0.5, 0.6) is 0 Å². The van der Waals surface area contributed by atoms with Crippen molar-refractivity contribution in [2.45, 2.75) is 26.8 Å². The molecule has 5 nitrogen and oxygen atoms in total. The van der Waals surface area contributed by atoms with Crippen LogP contribution in [0.3, 0.4) is 0 Å². The van der Waals surface area contributed by atoms with Crippen molar-refractivity contribution in [2.75, 3.05) is 27.2 Å².